The lowest BCUT2D eigenvalue weighted by Crippen LogP contribution is -2.34. The Balaban J connectivity index is 2.39. The first-order chi connectivity index (χ1) is 12.0. The smallest absolute Gasteiger partial charge is 0.303 e. The number of aliphatic hydroxyl groups excluding tert-OH is 1. The van der Waals surface area contributed by atoms with Crippen LogP contribution < -0.4 is 0 Å². The zero-order valence-corrected chi connectivity index (χ0v) is 15.9. The van der Waals surface area contributed by atoms with Crippen LogP contribution in [0.15, 0.2) is 12.2 Å². The number of aliphatic hydroxyl groups is 1. The summed E-state index contributed by atoms with van der Waals surface area (Å²) in [6.45, 7) is 4.42. The van der Waals surface area contributed by atoms with Crippen LogP contribution in [0.1, 0.15) is 46.0 Å². The topological polar surface area (TPSA) is 77.8 Å². The number of carbonyl (C=O) groups is 2. The first-order valence-corrected chi connectivity index (χ1v) is 9.96. The number of hydrogen-bond donors (Lipinski definition) is 2. The third kappa shape index (κ3) is 8.46. The van der Waals surface area contributed by atoms with Crippen molar-refractivity contribution in [1.29, 1.82) is 0 Å². The second-order valence-electron chi connectivity index (χ2n) is 6.29. The second-order valence-corrected chi connectivity index (χ2v) is 7.51. The van der Waals surface area contributed by atoms with Crippen LogP contribution in [0.2, 0.25) is 0 Å². The predicted octanol–water partition coefficient (Wildman–Crippen LogP) is 2.54. The van der Waals surface area contributed by atoms with Gasteiger partial charge in [-0.1, -0.05) is 19.1 Å². The van der Waals surface area contributed by atoms with Crippen molar-refractivity contribution < 1.29 is 19.8 Å². The third-order valence-corrected chi connectivity index (χ3v) is 5.29. The van der Waals surface area contributed by atoms with Gasteiger partial charge in [-0.15, -0.1) is 11.8 Å². The molecule has 1 rings (SSSR count). The Hall–Kier alpha value is -1.45. The number of carbonyl (C=O) groups excluding carboxylic acids is 1. The molecule has 1 fully saturated rings. The lowest BCUT2D eigenvalue weighted by atomic mass is 10.00. The van der Waals surface area contributed by atoms with Crippen LogP contribution in [0.5, 0.6) is 0 Å². The summed E-state index contributed by atoms with van der Waals surface area (Å²) >= 11 is 1.68. The molecule has 6 heteroatoms. The normalized spacial score (nSPS) is 19.7. The van der Waals surface area contributed by atoms with Crippen molar-refractivity contribution >= 4 is 23.6 Å². The molecule has 0 aromatic heterocycles. The standard InChI is InChI=1S/C19H29NO4S/c1-3-4-6-15(2)17(21)10-8-16-9-11-18(22)20(16)12-14-25-13-5-7-19(23)24/h8,10,15-17,21H,5-7,9,11-14H2,1-2H3,(H,23,24)/b10-8+/t15-,16?,17+/m0/s1. The first-order valence-electron chi connectivity index (χ1n) is 8.80. The van der Waals surface area contributed by atoms with Crippen molar-refractivity contribution in [2.75, 3.05) is 18.1 Å². The maximum Gasteiger partial charge on any atom is 0.303 e. The Morgan fingerprint density at radius 3 is 2.92 bits per heavy atom. The Morgan fingerprint density at radius 2 is 2.24 bits per heavy atom. The number of carboxylic acids is 1. The van der Waals surface area contributed by atoms with Gasteiger partial charge >= 0.3 is 5.97 Å². The molecule has 5 nitrogen and oxygen atoms in total. The number of aliphatic carboxylic acids is 1. The molecule has 0 aromatic rings. The van der Waals surface area contributed by atoms with E-state index in [1.54, 1.807) is 24.8 Å². The van der Waals surface area contributed by atoms with Gasteiger partial charge in [-0.05, 0) is 31.4 Å². The lowest BCUT2D eigenvalue weighted by Gasteiger charge is -2.23. The van der Waals surface area contributed by atoms with E-state index in [9.17, 15) is 14.7 Å². The minimum atomic E-state index is -0.766. The molecule has 25 heavy (non-hydrogen) atoms. The van der Waals surface area contributed by atoms with Crippen molar-refractivity contribution in [3.63, 3.8) is 0 Å². The molecule has 0 aromatic carbocycles. The van der Waals surface area contributed by atoms with E-state index in [4.69, 9.17) is 5.11 Å². The Morgan fingerprint density at radius 1 is 1.48 bits per heavy atom. The average molecular weight is 368 g/mol. The number of amides is 1. The Kier molecular flexibility index (Phi) is 10.4. The Labute approximate surface area is 154 Å². The van der Waals surface area contributed by atoms with Crippen LogP contribution in [-0.4, -0.2) is 57.2 Å². The van der Waals surface area contributed by atoms with Gasteiger partial charge in [0.25, 0.3) is 0 Å². The number of likely N-dealkylation sites (tertiary alicyclic amines) is 1. The fourth-order valence-electron chi connectivity index (χ4n) is 2.65. The van der Waals surface area contributed by atoms with E-state index in [-0.39, 0.29) is 24.3 Å². The van der Waals surface area contributed by atoms with Gasteiger partial charge < -0.3 is 15.1 Å². The molecule has 0 bridgehead atoms. The zero-order valence-electron chi connectivity index (χ0n) is 15.1. The van der Waals surface area contributed by atoms with Gasteiger partial charge in [0.15, 0.2) is 0 Å². The Bertz CT molecular complexity index is 523. The highest BCUT2D eigenvalue weighted by atomic mass is 32.2. The van der Waals surface area contributed by atoms with Crippen LogP contribution in [0.25, 0.3) is 0 Å². The van der Waals surface area contributed by atoms with E-state index >= 15 is 0 Å². The lowest BCUT2D eigenvalue weighted by molar-refractivity contribution is -0.137. The van der Waals surface area contributed by atoms with Crippen molar-refractivity contribution in [3.05, 3.63) is 12.2 Å². The van der Waals surface area contributed by atoms with E-state index < -0.39 is 12.1 Å². The maximum absolute atomic E-state index is 12.0. The van der Waals surface area contributed by atoms with E-state index in [1.807, 2.05) is 17.9 Å². The number of nitrogens with zero attached hydrogens (tertiary/aromatic N) is 1. The van der Waals surface area contributed by atoms with Crippen LogP contribution in [0.4, 0.5) is 0 Å². The molecule has 0 radical (unpaired) electrons. The zero-order chi connectivity index (χ0) is 18.7. The predicted molar refractivity (Wildman–Crippen MR) is 101 cm³/mol. The molecule has 2 N–H and O–H groups in total. The summed E-state index contributed by atoms with van der Waals surface area (Å²) in [7, 11) is 0. The van der Waals surface area contributed by atoms with Crippen molar-refractivity contribution in [1.82, 2.24) is 4.90 Å². The second kappa shape index (κ2) is 12.0. The molecule has 0 spiro atoms. The molecule has 1 saturated heterocycles. The maximum atomic E-state index is 12.0. The van der Waals surface area contributed by atoms with Gasteiger partial charge in [0.05, 0.1) is 12.1 Å². The van der Waals surface area contributed by atoms with Crippen molar-refractivity contribution in [2.45, 2.75) is 58.1 Å². The molecule has 1 aliphatic rings. The van der Waals surface area contributed by atoms with E-state index in [0.29, 0.717) is 25.8 Å². The largest absolute Gasteiger partial charge is 0.481 e. The molecule has 0 saturated carbocycles. The highest BCUT2D eigenvalue weighted by Crippen LogP contribution is 2.21. The fraction of sp³-hybridized carbons (Fsp3) is 0.684. The van der Waals surface area contributed by atoms with E-state index in [2.05, 4.69) is 11.8 Å². The van der Waals surface area contributed by atoms with Crippen molar-refractivity contribution in [2.24, 2.45) is 5.92 Å². The highest BCUT2D eigenvalue weighted by Gasteiger charge is 2.28. The van der Waals surface area contributed by atoms with E-state index in [0.717, 1.165) is 17.9 Å². The van der Waals surface area contributed by atoms with Crippen LogP contribution in [0, 0.1) is 17.8 Å². The van der Waals surface area contributed by atoms with Crippen LogP contribution in [-0.2, 0) is 9.59 Å². The summed E-state index contributed by atoms with van der Waals surface area (Å²) in [5, 5.41) is 18.8. The van der Waals surface area contributed by atoms with Crippen molar-refractivity contribution in [3.8, 4) is 11.8 Å². The quantitative estimate of drug-likeness (QED) is 0.333. The van der Waals surface area contributed by atoms with Crippen LogP contribution in [0.3, 0.4) is 0 Å². The van der Waals surface area contributed by atoms with Gasteiger partial charge in [0.2, 0.25) is 5.91 Å². The molecule has 1 aliphatic heterocycles. The fourth-order valence-corrected chi connectivity index (χ4v) is 3.53. The summed E-state index contributed by atoms with van der Waals surface area (Å²) in [5.74, 6) is 6.87. The average Bonchev–Trinajstić information content (AvgIpc) is 2.93. The molecule has 0 aliphatic carbocycles. The monoisotopic (exact) mass is 367 g/mol. The minimum Gasteiger partial charge on any atom is -0.481 e. The number of rotatable bonds is 11. The number of carboxylic acid groups (broad SMARTS) is 1. The molecule has 3 atom stereocenters. The molecule has 1 heterocycles. The first kappa shape index (κ1) is 21.6. The van der Waals surface area contributed by atoms with Gasteiger partial charge in [0.1, 0.15) is 0 Å². The summed E-state index contributed by atoms with van der Waals surface area (Å²) < 4.78 is 0. The van der Waals surface area contributed by atoms with Crippen LogP contribution >= 0.6 is 11.8 Å². The number of hydrogen-bond acceptors (Lipinski definition) is 4. The number of thioether (sulfide) groups is 1. The highest BCUT2D eigenvalue weighted by molar-refractivity contribution is 7.99. The molecule has 1 amide bonds. The summed E-state index contributed by atoms with van der Waals surface area (Å²) in [6.07, 6.45) is 6.02. The summed E-state index contributed by atoms with van der Waals surface area (Å²) in [5.41, 5.74) is 0. The molecular formula is C19H29NO4S. The SMILES string of the molecule is CC#CC[C@H](C)[C@H](O)/C=C/C1CCC(=O)N1CCSCCCC(=O)O. The van der Waals surface area contributed by atoms with Gasteiger partial charge in [-0.25, -0.2) is 0 Å². The summed E-state index contributed by atoms with van der Waals surface area (Å²) in [6, 6.07) is 0.0474. The van der Waals surface area contributed by atoms with E-state index in [1.165, 1.54) is 0 Å². The summed E-state index contributed by atoms with van der Waals surface area (Å²) in [4.78, 5) is 24.4. The van der Waals surface area contributed by atoms with Gasteiger partial charge in [-0.3, -0.25) is 9.59 Å². The van der Waals surface area contributed by atoms with Gasteiger partial charge in [-0.2, -0.15) is 11.8 Å². The molecule has 1 unspecified atom stereocenters. The molecular weight excluding hydrogens is 338 g/mol. The molecule has 140 valence electrons. The van der Waals surface area contributed by atoms with Gasteiger partial charge in [0, 0.05) is 31.6 Å². The third-order valence-electron chi connectivity index (χ3n) is 4.24. The minimum absolute atomic E-state index is 0.0474.